The molecule has 1 aliphatic rings. The second-order valence-electron chi connectivity index (χ2n) is 5.82. The Hall–Kier alpha value is -1.96. The van der Waals surface area contributed by atoms with Crippen LogP contribution in [0.1, 0.15) is 43.2 Å². The van der Waals surface area contributed by atoms with Gasteiger partial charge < -0.3 is 11.5 Å². The molecule has 2 heteroatoms. The fourth-order valence-corrected chi connectivity index (χ4v) is 3.70. The van der Waals surface area contributed by atoms with Gasteiger partial charge in [-0.3, -0.25) is 0 Å². The van der Waals surface area contributed by atoms with E-state index in [-0.39, 0.29) is 5.41 Å². The van der Waals surface area contributed by atoms with Crippen LogP contribution in [-0.2, 0) is 5.41 Å². The monoisotopic (exact) mass is 266 g/mol. The highest BCUT2D eigenvalue weighted by molar-refractivity contribution is 5.61. The van der Waals surface area contributed by atoms with Gasteiger partial charge in [-0.05, 0) is 36.1 Å². The Morgan fingerprint density at radius 3 is 1.55 bits per heavy atom. The maximum atomic E-state index is 6.28. The minimum Gasteiger partial charge on any atom is -0.398 e. The summed E-state index contributed by atoms with van der Waals surface area (Å²) in [7, 11) is 0. The molecule has 0 heterocycles. The van der Waals surface area contributed by atoms with Crippen molar-refractivity contribution < 1.29 is 0 Å². The largest absolute Gasteiger partial charge is 0.398 e. The summed E-state index contributed by atoms with van der Waals surface area (Å²) < 4.78 is 0. The molecular formula is C18H22N2. The Labute approximate surface area is 120 Å². The maximum absolute atomic E-state index is 6.28. The van der Waals surface area contributed by atoms with Crippen molar-refractivity contribution in [3.05, 3.63) is 59.7 Å². The first-order chi connectivity index (χ1) is 9.74. The van der Waals surface area contributed by atoms with Crippen LogP contribution < -0.4 is 11.5 Å². The summed E-state index contributed by atoms with van der Waals surface area (Å²) in [6.45, 7) is 0. The molecule has 0 saturated heterocycles. The summed E-state index contributed by atoms with van der Waals surface area (Å²) in [6.07, 6.45) is 6.05. The average Bonchev–Trinajstić information content (AvgIpc) is 2.49. The van der Waals surface area contributed by atoms with Crippen LogP contribution >= 0.6 is 0 Å². The van der Waals surface area contributed by atoms with E-state index < -0.39 is 0 Å². The van der Waals surface area contributed by atoms with E-state index >= 15 is 0 Å². The summed E-state index contributed by atoms with van der Waals surface area (Å²) in [5.41, 5.74) is 16.8. The second-order valence-corrected chi connectivity index (χ2v) is 5.82. The molecule has 104 valence electrons. The molecule has 20 heavy (non-hydrogen) atoms. The Morgan fingerprint density at radius 2 is 1.10 bits per heavy atom. The molecule has 1 fully saturated rings. The molecule has 1 aliphatic carbocycles. The van der Waals surface area contributed by atoms with E-state index in [2.05, 4.69) is 24.3 Å². The Bertz CT molecular complexity index is 550. The van der Waals surface area contributed by atoms with Crippen LogP contribution in [-0.4, -0.2) is 0 Å². The quantitative estimate of drug-likeness (QED) is 0.804. The van der Waals surface area contributed by atoms with Crippen LogP contribution in [0.25, 0.3) is 0 Å². The van der Waals surface area contributed by atoms with Crippen molar-refractivity contribution in [3.8, 4) is 0 Å². The van der Waals surface area contributed by atoms with Crippen LogP contribution in [0.15, 0.2) is 48.5 Å². The lowest BCUT2D eigenvalue weighted by molar-refractivity contribution is 0.348. The third-order valence-corrected chi connectivity index (χ3v) is 4.66. The lowest BCUT2D eigenvalue weighted by Gasteiger charge is -2.40. The van der Waals surface area contributed by atoms with Crippen molar-refractivity contribution in [1.29, 1.82) is 0 Å². The number of hydrogen-bond acceptors (Lipinski definition) is 2. The van der Waals surface area contributed by atoms with Crippen molar-refractivity contribution in [2.24, 2.45) is 0 Å². The van der Waals surface area contributed by atoms with E-state index in [4.69, 9.17) is 11.5 Å². The van der Waals surface area contributed by atoms with E-state index in [1.54, 1.807) is 0 Å². The van der Waals surface area contributed by atoms with Crippen molar-refractivity contribution in [3.63, 3.8) is 0 Å². The van der Waals surface area contributed by atoms with Crippen molar-refractivity contribution in [2.45, 2.75) is 37.5 Å². The summed E-state index contributed by atoms with van der Waals surface area (Å²) in [5, 5.41) is 0. The summed E-state index contributed by atoms with van der Waals surface area (Å²) >= 11 is 0. The van der Waals surface area contributed by atoms with E-state index in [0.717, 1.165) is 24.2 Å². The van der Waals surface area contributed by atoms with Gasteiger partial charge in [0.2, 0.25) is 0 Å². The second kappa shape index (κ2) is 5.20. The summed E-state index contributed by atoms with van der Waals surface area (Å²) in [4.78, 5) is 0. The molecule has 0 aromatic heterocycles. The van der Waals surface area contributed by atoms with Crippen LogP contribution in [0, 0.1) is 0 Å². The molecule has 0 amide bonds. The van der Waals surface area contributed by atoms with E-state index in [0.29, 0.717) is 0 Å². The van der Waals surface area contributed by atoms with E-state index in [9.17, 15) is 0 Å². The fraction of sp³-hybridized carbons (Fsp3) is 0.333. The SMILES string of the molecule is Nc1ccccc1C1(c2ccccc2N)CCCCC1. The van der Waals surface area contributed by atoms with Crippen molar-refractivity contribution in [1.82, 2.24) is 0 Å². The molecule has 2 aromatic carbocycles. The molecule has 2 nitrogen and oxygen atoms in total. The number of benzene rings is 2. The molecule has 0 spiro atoms. The number of nitrogen functional groups attached to an aromatic ring is 2. The molecule has 2 aromatic rings. The standard InChI is InChI=1S/C18H22N2/c19-16-10-4-2-8-14(16)18(12-6-1-7-13-18)15-9-3-5-11-17(15)20/h2-5,8-11H,1,6-7,12-13,19-20H2. The lowest BCUT2D eigenvalue weighted by atomic mass is 9.64. The average molecular weight is 266 g/mol. The van der Waals surface area contributed by atoms with E-state index in [1.165, 1.54) is 30.4 Å². The van der Waals surface area contributed by atoms with Crippen LogP contribution in [0.3, 0.4) is 0 Å². The highest BCUT2D eigenvalue weighted by atomic mass is 14.6. The highest BCUT2D eigenvalue weighted by Crippen LogP contribution is 2.48. The predicted octanol–water partition coefficient (Wildman–Crippen LogP) is 4.10. The Morgan fingerprint density at radius 1 is 0.650 bits per heavy atom. The Kier molecular flexibility index (Phi) is 3.39. The molecule has 4 N–H and O–H groups in total. The first-order valence-corrected chi connectivity index (χ1v) is 7.44. The molecule has 0 atom stereocenters. The number of hydrogen-bond donors (Lipinski definition) is 2. The number of para-hydroxylation sites is 2. The molecule has 0 aliphatic heterocycles. The van der Waals surface area contributed by atoms with Gasteiger partial charge in [-0.15, -0.1) is 0 Å². The highest BCUT2D eigenvalue weighted by Gasteiger charge is 2.38. The van der Waals surface area contributed by atoms with Crippen LogP contribution in [0.4, 0.5) is 11.4 Å². The van der Waals surface area contributed by atoms with Gasteiger partial charge >= 0.3 is 0 Å². The normalized spacial score (nSPS) is 17.8. The van der Waals surface area contributed by atoms with Gasteiger partial charge in [0.25, 0.3) is 0 Å². The smallest absolute Gasteiger partial charge is 0.0355 e. The first kappa shape index (κ1) is 13.0. The summed E-state index contributed by atoms with van der Waals surface area (Å²) in [6, 6.07) is 16.5. The minimum absolute atomic E-state index is 0.00502. The zero-order chi connectivity index (χ0) is 14.0. The molecule has 0 radical (unpaired) electrons. The third kappa shape index (κ3) is 2.05. The zero-order valence-electron chi connectivity index (χ0n) is 11.8. The molecular weight excluding hydrogens is 244 g/mol. The van der Waals surface area contributed by atoms with Gasteiger partial charge in [-0.25, -0.2) is 0 Å². The van der Waals surface area contributed by atoms with Gasteiger partial charge in [-0.1, -0.05) is 55.7 Å². The van der Waals surface area contributed by atoms with Gasteiger partial charge in [-0.2, -0.15) is 0 Å². The van der Waals surface area contributed by atoms with Gasteiger partial charge in [0.15, 0.2) is 0 Å². The molecule has 1 saturated carbocycles. The van der Waals surface area contributed by atoms with Crippen LogP contribution in [0.5, 0.6) is 0 Å². The lowest BCUT2D eigenvalue weighted by Crippen LogP contribution is -2.32. The van der Waals surface area contributed by atoms with E-state index in [1.807, 2.05) is 24.3 Å². The molecule has 3 rings (SSSR count). The summed E-state index contributed by atoms with van der Waals surface area (Å²) in [5.74, 6) is 0. The third-order valence-electron chi connectivity index (χ3n) is 4.66. The first-order valence-electron chi connectivity index (χ1n) is 7.44. The predicted molar refractivity (Wildman–Crippen MR) is 85.6 cm³/mol. The molecule has 0 unspecified atom stereocenters. The number of nitrogens with two attached hydrogens (primary N) is 2. The molecule has 0 bridgehead atoms. The van der Waals surface area contributed by atoms with Crippen LogP contribution in [0.2, 0.25) is 0 Å². The van der Waals surface area contributed by atoms with Gasteiger partial charge in [0.05, 0.1) is 0 Å². The Balaban J connectivity index is 2.20. The van der Waals surface area contributed by atoms with Gasteiger partial charge in [0.1, 0.15) is 0 Å². The fourth-order valence-electron chi connectivity index (χ4n) is 3.70. The van der Waals surface area contributed by atoms with Crippen molar-refractivity contribution in [2.75, 3.05) is 11.5 Å². The maximum Gasteiger partial charge on any atom is 0.0355 e. The number of anilines is 2. The topological polar surface area (TPSA) is 52.0 Å². The zero-order valence-corrected chi connectivity index (χ0v) is 11.8. The number of rotatable bonds is 2. The minimum atomic E-state index is -0.00502. The van der Waals surface area contributed by atoms with Gasteiger partial charge in [0, 0.05) is 16.8 Å². The van der Waals surface area contributed by atoms with Crippen molar-refractivity contribution >= 4 is 11.4 Å².